The molecule has 0 aromatic carbocycles. The van der Waals surface area contributed by atoms with Gasteiger partial charge in [-0.1, -0.05) is 6.92 Å². The molecule has 1 saturated carbocycles. The molecule has 0 saturated heterocycles. The summed E-state index contributed by atoms with van der Waals surface area (Å²) in [5.41, 5.74) is 0. The van der Waals surface area contributed by atoms with Crippen molar-refractivity contribution in [2.75, 3.05) is 18.1 Å². The highest BCUT2D eigenvalue weighted by Crippen LogP contribution is 2.18. The van der Waals surface area contributed by atoms with Crippen molar-refractivity contribution in [3.05, 3.63) is 0 Å². The average molecular weight is 230 g/mol. The average Bonchev–Trinajstić information content (AvgIpc) is 3.01. The molecule has 3 nitrogen and oxygen atoms in total. The van der Waals surface area contributed by atoms with Crippen LogP contribution in [0.15, 0.2) is 0 Å². The lowest BCUT2D eigenvalue weighted by atomic mass is 10.3. The van der Waals surface area contributed by atoms with E-state index in [2.05, 4.69) is 17.6 Å². The maximum atomic E-state index is 11.5. The lowest BCUT2D eigenvalue weighted by Gasteiger charge is -2.13. The van der Waals surface area contributed by atoms with E-state index >= 15 is 0 Å². The van der Waals surface area contributed by atoms with Crippen LogP contribution in [0.5, 0.6) is 0 Å². The molecule has 15 heavy (non-hydrogen) atoms. The fraction of sp³-hybridized carbons (Fsp3) is 0.909. The summed E-state index contributed by atoms with van der Waals surface area (Å²) in [6, 6.07) is 0.426. The zero-order valence-electron chi connectivity index (χ0n) is 9.71. The molecule has 0 spiro atoms. The maximum Gasteiger partial charge on any atom is 0.237 e. The Morgan fingerprint density at radius 1 is 1.53 bits per heavy atom. The van der Waals surface area contributed by atoms with Crippen LogP contribution in [0, 0.1) is 0 Å². The van der Waals surface area contributed by atoms with E-state index in [4.69, 9.17) is 0 Å². The molecule has 0 aromatic heterocycles. The Kier molecular flexibility index (Phi) is 6.10. The van der Waals surface area contributed by atoms with Crippen LogP contribution in [0.1, 0.15) is 33.1 Å². The Morgan fingerprint density at radius 3 is 2.87 bits per heavy atom. The molecule has 0 aliphatic heterocycles. The van der Waals surface area contributed by atoms with Gasteiger partial charge in [-0.15, -0.1) is 0 Å². The van der Waals surface area contributed by atoms with Gasteiger partial charge in [-0.2, -0.15) is 11.8 Å². The minimum absolute atomic E-state index is 0.0442. The number of thioether (sulfide) groups is 1. The lowest BCUT2D eigenvalue weighted by Crippen LogP contribution is -2.43. The van der Waals surface area contributed by atoms with Crippen LogP contribution in [-0.4, -0.2) is 36.0 Å². The van der Waals surface area contributed by atoms with E-state index in [0.29, 0.717) is 6.04 Å². The van der Waals surface area contributed by atoms with E-state index in [9.17, 15) is 4.79 Å². The van der Waals surface area contributed by atoms with E-state index in [1.165, 1.54) is 11.5 Å². The predicted octanol–water partition coefficient (Wildman–Crippen LogP) is 1.39. The van der Waals surface area contributed by atoms with Gasteiger partial charge in [-0.25, -0.2) is 0 Å². The Labute approximate surface area is 96.8 Å². The molecule has 0 heterocycles. The van der Waals surface area contributed by atoms with Crippen LogP contribution in [0.4, 0.5) is 0 Å². The van der Waals surface area contributed by atoms with E-state index < -0.39 is 0 Å². The Hall–Kier alpha value is -0.220. The number of nitrogens with one attached hydrogen (secondary N) is 2. The molecule has 1 fully saturated rings. The van der Waals surface area contributed by atoms with Crippen molar-refractivity contribution in [1.82, 2.24) is 10.6 Å². The third-order valence-corrected chi connectivity index (χ3v) is 3.42. The molecule has 0 bridgehead atoms. The predicted molar refractivity (Wildman–Crippen MR) is 66.2 cm³/mol. The van der Waals surface area contributed by atoms with Crippen molar-refractivity contribution in [2.24, 2.45) is 0 Å². The molecular weight excluding hydrogens is 208 g/mol. The summed E-state index contributed by atoms with van der Waals surface area (Å²) < 4.78 is 0. The van der Waals surface area contributed by atoms with Crippen molar-refractivity contribution in [1.29, 1.82) is 0 Å². The van der Waals surface area contributed by atoms with Crippen LogP contribution in [0.25, 0.3) is 0 Å². The maximum absolute atomic E-state index is 11.5. The summed E-state index contributed by atoms with van der Waals surface area (Å²) in [5.74, 6) is 2.51. The standard InChI is InChI=1S/C11H22N2OS/c1-3-15-8-4-7-12-9(2)11(14)13-10-5-6-10/h9-10,12H,3-8H2,1-2H3,(H,13,14). The third kappa shape index (κ3) is 6.05. The van der Waals surface area contributed by atoms with Crippen LogP contribution in [0.2, 0.25) is 0 Å². The summed E-state index contributed by atoms with van der Waals surface area (Å²) in [7, 11) is 0. The number of carbonyl (C=O) groups is 1. The van der Waals surface area contributed by atoms with Crippen molar-refractivity contribution >= 4 is 17.7 Å². The fourth-order valence-electron chi connectivity index (χ4n) is 1.28. The van der Waals surface area contributed by atoms with E-state index in [1.807, 2.05) is 18.7 Å². The first-order chi connectivity index (χ1) is 7.24. The molecule has 1 aliphatic carbocycles. The first-order valence-corrected chi connectivity index (χ1v) is 7.01. The molecule has 1 atom stereocenters. The van der Waals surface area contributed by atoms with E-state index in [0.717, 1.165) is 25.8 Å². The van der Waals surface area contributed by atoms with Gasteiger partial charge in [0.1, 0.15) is 0 Å². The van der Waals surface area contributed by atoms with Gasteiger partial charge in [0.15, 0.2) is 0 Å². The lowest BCUT2D eigenvalue weighted by molar-refractivity contribution is -0.122. The molecule has 2 N–H and O–H groups in total. The minimum atomic E-state index is -0.0442. The third-order valence-electron chi connectivity index (χ3n) is 2.44. The molecule has 1 aliphatic rings. The van der Waals surface area contributed by atoms with Crippen molar-refractivity contribution in [3.8, 4) is 0 Å². The van der Waals surface area contributed by atoms with Gasteiger partial charge in [0, 0.05) is 6.04 Å². The molecule has 0 radical (unpaired) electrons. The topological polar surface area (TPSA) is 41.1 Å². The highest BCUT2D eigenvalue weighted by Gasteiger charge is 2.25. The molecule has 1 unspecified atom stereocenters. The van der Waals surface area contributed by atoms with E-state index in [-0.39, 0.29) is 11.9 Å². The van der Waals surface area contributed by atoms with Crippen LogP contribution < -0.4 is 10.6 Å². The van der Waals surface area contributed by atoms with Gasteiger partial charge >= 0.3 is 0 Å². The van der Waals surface area contributed by atoms with Crippen molar-refractivity contribution in [2.45, 2.75) is 45.2 Å². The minimum Gasteiger partial charge on any atom is -0.352 e. The summed E-state index contributed by atoms with van der Waals surface area (Å²) in [6.07, 6.45) is 3.46. The first kappa shape index (κ1) is 12.8. The summed E-state index contributed by atoms with van der Waals surface area (Å²) in [4.78, 5) is 11.5. The molecule has 0 aromatic rings. The molecule has 1 amide bonds. The van der Waals surface area contributed by atoms with Gasteiger partial charge in [-0.05, 0) is 44.2 Å². The molecule has 88 valence electrons. The number of rotatable bonds is 8. The second kappa shape index (κ2) is 7.12. The Morgan fingerprint density at radius 2 is 2.27 bits per heavy atom. The quantitative estimate of drug-likeness (QED) is 0.619. The zero-order valence-corrected chi connectivity index (χ0v) is 10.5. The zero-order chi connectivity index (χ0) is 11.1. The van der Waals surface area contributed by atoms with Crippen LogP contribution in [-0.2, 0) is 4.79 Å². The van der Waals surface area contributed by atoms with E-state index in [1.54, 1.807) is 0 Å². The Balaban J connectivity index is 1.96. The van der Waals surface area contributed by atoms with Gasteiger partial charge in [0.25, 0.3) is 0 Å². The van der Waals surface area contributed by atoms with Gasteiger partial charge in [0.2, 0.25) is 5.91 Å². The number of hydrogen-bond acceptors (Lipinski definition) is 3. The van der Waals surface area contributed by atoms with Gasteiger partial charge in [0.05, 0.1) is 6.04 Å². The second-order valence-electron chi connectivity index (χ2n) is 4.01. The highest BCUT2D eigenvalue weighted by molar-refractivity contribution is 7.99. The summed E-state index contributed by atoms with van der Waals surface area (Å²) >= 11 is 1.95. The van der Waals surface area contributed by atoms with Crippen LogP contribution >= 0.6 is 11.8 Å². The van der Waals surface area contributed by atoms with Crippen molar-refractivity contribution in [3.63, 3.8) is 0 Å². The molecule has 4 heteroatoms. The first-order valence-electron chi connectivity index (χ1n) is 5.85. The van der Waals surface area contributed by atoms with Crippen LogP contribution in [0.3, 0.4) is 0 Å². The number of hydrogen-bond donors (Lipinski definition) is 2. The fourth-order valence-corrected chi connectivity index (χ4v) is 1.92. The number of amides is 1. The molecular formula is C11H22N2OS. The van der Waals surface area contributed by atoms with Crippen molar-refractivity contribution < 1.29 is 4.79 Å². The smallest absolute Gasteiger partial charge is 0.237 e. The number of carbonyl (C=O) groups excluding carboxylic acids is 1. The molecule has 1 rings (SSSR count). The summed E-state index contributed by atoms with van der Waals surface area (Å²) in [5, 5.41) is 6.25. The normalized spacial score (nSPS) is 17.5. The Bertz CT molecular complexity index is 195. The van der Waals surface area contributed by atoms with Gasteiger partial charge < -0.3 is 10.6 Å². The summed E-state index contributed by atoms with van der Waals surface area (Å²) in [6.45, 7) is 5.04. The SMILES string of the molecule is CCSCCCNC(C)C(=O)NC1CC1. The highest BCUT2D eigenvalue weighted by atomic mass is 32.2. The monoisotopic (exact) mass is 230 g/mol. The second-order valence-corrected chi connectivity index (χ2v) is 5.40. The largest absolute Gasteiger partial charge is 0.352 e. The van der Waals surface area contributed by atoms with Gasteiger partial charge in [-0.3, -0.25) is 4.79 Å².